The van der Waals surface area contributed by atoms with Gasteiger partial charge in [-0.1, -0.05) is 30.3 Å². The number of pyridine rings is 1. The zero-order chi connectivity index (χ0) is 22.0. The van der Waals surface area contributed by atoms with Gasteiger partial charge in [-0.3, -0.25) is 4.98 Å². The Balaban J connectivity index is 1.71. The number of ether oxygens (including phenoxy) is 1. The van der Waals surface area contributed by atoms with Gasteiger partial charge in [0.15, 0.2) is 0 Å². The Labute approximate surface area is 190 Å². The van der Waals surface area contributed by atoms with Crippen molar-refractivity contribution in [2.24, 2.45) is 0 Å². The summed E-state index contributed by atoms with van der Waals surface area (Å²) < 4.78 is 6.43. The van der Waals surface area contributed by atoms with Crippen molar-refractivity contribution in [2.75, 3.05) is 0 Å². The fourth-order valence-electron chi connectivity index (χ4n) is 3.44. The number of imidazole rings is 1. The lowest BCUT2D eigenvalue weighted by molar-refractivity contribution is 0.00697. The van der Waals surface area contributed by atoms with Gasteiger partial charge in [-0.2, -0.15) is 0 Å². The molecule has 1 N–H and O–H groups in total. The molecule has 0 amide bonds. The summed E-state index contributed by atoms with van der Waals surface area (Å²) in [5, 5.41) is 0. The number of nitrogens with zero attached hydrogens (tertiary/aromatic N) is 2. The molecule has 4 aromatic rings. The zero-order valence-electron chi connectivity index (χ0n) is 17.7. The maximum Gasteiger partial charge on any atom is 0.338 e. The molecule has 2 aromatic heterocycles. The molecule has 0 saturated heterocycles. The van der Waals surface area contributed by atoms with Gasteiger partial charge >= 0.3 is 5.97 Å². The minimum atomic E-state index is -0.545. The second-order valence-electron chi connectivity index (χ2n) is 8.50. The number of H-pyrrole nitrogens is 1. The largest absolute Gasteiger partial charge is 0.456 e. The van der Waals surface area contributed by atoms with Crippen LogP contribution in [-0.4, -0.2) is 26.5 Å². The predicted octanol–water partition coefficient (Wildman–Crippen LogP) is 6.05. The highest BCUT2D eigenvalue weighted by molar-refractivity contribution is 9.10. The van der Waals surface area contributed by atoms with Crippen LogP contribution in [0.5, 0.6) is 0 Å². The van der Waals surface area contributed by atoms with Gasteiger partial charge < -0.3 is 9.72 Å². The molecule has 2 aromatic carbocycles. The summed E-state index contributed by atoms with van der Waals surface area (Å²) >= 11 is 3.46. The Kier molecular flexibility index (Phi) is 5.92. The van der Waals surface area contributed by atoms with Gasteiger partial charge in [-0.05, 0) is 79.0 Å². The maximum absolute atomic E-state index is 12.5. The van der Waals surface area contributed by atoms with Gasteiger partial charge in [0.25, 0.3) is 0 Å². The highest BCUT2D eigenvalue weighted by Gasteiger charge is 2.22. The van der Waals surface area contributed by atoms with E-state index in [9.17, 15) is 4.79 Å². The summed E-state index contributed by atoms with van der Waals surface area (Å²) in [7, 11) is 0. The molecule has 0 aliphatic rings. The predicted molar refractivity (Wildman–Crippen MR) is 125 cm³/mol. The first kappa shape index (κ1) is 21.2. The van der Waals surface area contributed by atoms with Gasteiger partial charge in [0.2, 0.25) is 0 Å². The maximum atomic E-state index is 12.5. The Bertz CT molecular complexity index is 1200. The minimum Gasteiger partial charge on any atom is -0.456 e. The monoisotopic (exact) mass is 477 g/mol. The third kappa shape index (κ3) is 5.20. The fraction of sp³-hybridized carbons (Fsp3) is 0.240. The van der Waals surface area contributed by atoms with Crippen molar-refractivity contribution in [2.45, 2.75) is 38.7 Å². The summed E-state index contributed by atoms with van der Waals surface area (Å²) in [5.41, 5.74) is 3.68. The lowest BCUT2D eigenvalue weighted by Gasteiger charge is -2.19. The van der Waals surface area contributed by atoms with Gasteiger partial charge in [-0.25, -0.2) is 9.78 Å². The van der Waals surface area contributed by atoms with E-state index in [2.05, 4.69) is 38.0 Å². The number of carbonyl (C=O) groups is 1. The van der Waals surface area contributed by atoms with E-state index >= 15 is 0 Å². The van der Waals surface area contributed by atoms with E-state index in [0.717, 1.165) is 33.4 Å². The molecule has 0 spiro atoms. The van der Waals surface area contributed by atoms with Gasteiger partial charge in [0, 0.05) is 10.7 Å². The van der Waals surface area contributed by atoms with Gasteiger partial charge in [0.05, 0.1) is 28.2 Å². The smallest absolute Gasteiger partial charge is 0.338 e. The summed E-state index contributed by atoms with van der Waals surface area (Å²) in [6.07, 6.45) is 2.56. The fourth-order valence-corrected chi connectivity index (χ4v) is 3.67. The topological polar surface area (TPSA) is 67.9 Å². The standard InChI is InChI=1S/C25H24BrN3O2/c1-25(2,3)31-24(30)17-9-11-21-22(14-17)29-23(28-21)19(13-16-7-5-4-6-8-16)20-12-10-18(26)15-27-20/h4-12,14-15,19H,13H2,1-3H3,(H,28,29). The second kappa shape index (κ2) is 8.63. The SMILES string of the molecule is CC(C)(C)OC(=O)c1ccc2[nH]c(C(Cc3ccccc3)c3ccc(Br)cn3)nc2c1. The lowest BCUT2D eigenvalue weighted by Crippen LogP contribution is -2.23. The molecule has 0 fully saturated rings. The zero-order valence-corrected chi connectivity index (χ0v) is 19.3. The molecule has 1 unspecified atom stereocenters. The van der Waals surface area contributed by atoms with Crippen LogP contribution in [0.3, 0.4) is 0 Å². The number of benzene rings is 2. The summed E-state index contributed by atoms with van der Waals surface area (Å²) in [6.45, 7) is 5.57. The number of esters is 1. The summed E-state index contributed by atoms with van der Waals surface area (Å²) in [5.74, 6) is 0.414. The molecule has 2 heterocycles. The Hall–Kier alpha value is -2.99. The van der Waals surface area contributed by atoms with Crippen LogP contribution in [0, 0.1) is 0 Å². The van der Waals surface area contributed by atoms with E-state index < -0.39 is 5.60 Å². The van der Waals surface area contributed by atoms with Crippen LogP contribution in [0.4, 0.5) is 0 Å². The number of carbonyl (C=O) groups excluding carboxylic acids is 1. The van der Waals surface area contributed by atoms with Crippen LogP contribution in [0.15, 0.2) is 71.3 Å². The minimum absolute atomic E-state index is 0.0483. The third-order valence-electron chi connectivity index (χ3n) is 4.86. The van der Waals surface area contributed by atoms with Crippen LogP contribution < -0.4 is 0 Å². The Morgan fingerprint density at radius 3 is 2.55 bits per heavy atom. The number of rotatable bonds is 5. The normalized spacial score (nSPS) is 12.6. The highest BCUT2D eigenvalue weighted by Crippen LogP contribution is 2.28. The van der Waals surface area contributed by atoms with Crippen molar-refractivity contribution in [3.05, 3.63) is 94.0 Å². The average molecular weight is 478 g/mol. The number of aromatic amines is 1. The first-order valence-electron chi connectivity index (χ1n) is 10.2. The highest BCUT2D eigenvalue weighted by atomic mass is 79.9. The molecule has 0 bridgehead atoms. The van der Waals surface area contributed by atoms with E-state index in [1.165, 1.54) is 5.56 Å². The number of hydrogen-bond acceptors (Lipinski definition) is 4. The first-order valence-corrected chi connectivity index (χ1v) is 11.0. The number of nitrogens with one attached hydrogen (secondary N) is 1. The third-order valence-corrected chi connectivity index (χ3v) is 5.33. The van der Waals surface area contributed by atoms with E-state index in [4.69, 9.17) is 9.72 Å². The first-order chi connectivity index (χ1) is 14.8. The average Bonchev–Trinajstić information content (AvgIpc) is 3.15. The van der Waals surface area contributed by atoms with Crippen molar-refractivity contribution in [3.63, 3.8) is 0 Å². The Morgan fingerprint density at radius 1 is 1.10 bits per heavy atom. The van der Waals surface area contributed by atoms with Crippen molar-refractivity contribution >= 4 is 32.9 Å². The van der Waals surface area contributed by atoms with E-state index in [-0.39, 0.29) is 11.9 Å². The molecule has 158 valence electrons. The van der Waals surface area contributed by atoms with E-state index in [0.29, 0.717) is 5.56 Å². The molecular formula is C25H24BrN3O2. The molecule has 6 heteroatoms. The van der Waals surface area contributed by atoms with Gasteiger partial charge in [0.1, 0.15) is 11.4 Å². The van der Waals surface area contributed by atoms with Crippen LogP contribution in [0.1, 0.15) is 54.1 Å². The van der Waals surface area contributed by atoms with E-state index in [1.54, 1.807) is 18.3 Å². The van der Waals surface area contributed by atoms with Crippen molar-refractivity contribution < 1.29 is 9.53 Å². The van der Waals surface area contributed by atoms with Crippen LogP contribution >= 0.6 is 15.9 Å². The molecule has 0 saturated carbocycles. The van der Waals surface area contributed by atoms with Crippen LogP contribution in [-0.2, 0) is 11.2 Å². The molecule has 5 nitrogen and oxygen atoms in total. The van der Waals surface area contributed by atoms with Crippen molar-refractivity contribution in [1.29, 1.82) is 0 Å². The Morgan fingerprint density at radius 2 is 1.87 bits per heavy atom. The number of halogens is 1. The molecule has 0 aliphatic carbocycles. The molecule has 1 atom stereocenters. The van der Waals surface area contributed by atoms with Crippen LogP contribution in [0.25, 0.3) is 11.0 Å². The molecular weight excluding hydrogens is 454 g/mol. The van der Waals surface area contributed by atoms with E-state index in [1.807, 2.05) is 57.2 Å². The van der Waals surface area contributed by atoms with Crippen LogP contribution in [0.2, 0.25) is 0 Å². The number of fused-ring (bicyclic) bond motifs is 1. The summed E-state index contributed by atoms with van der Waals surface area (Å²) in [4.78, 5) is 25.4. The van der Waals surface area contributed by atoms with Gasteiger partial charge in [-0.15, -0.1) is 0 Å². The summed E-state index contributed by atoms with van der Waals surface area (Å²) in [6, 6.07) is 19.7. The second-order valence-corrected chi connectivity index (χ2v) is 9.42. The molecule has 0 radical (unpaired) electrons. The number of aromatic nitrogens is 3. The number of hydrogen-bond donors (Lipinski definition) is 1. The molecule has 0 aliphatic heterocycles. The van der Waals surface area contributed by atoms with Crippen molar-refractivity contribution in [3.8, 4) is 0 Å². The quantitative estimate of drug-likeness (QED) is 0.355. The van der Waals surface area contributed by atoms with Crippen molar-refractivity contribution in [1.82, 2.24) is 15.0 Å². The molecule has 4 rings (SSSR count). The molecule has 31 heavy (non-hydrogen) atoms. The lowest BCUT2D eigenvalue weighted by atomic mass is 9.95.